The predicted octanol–water partition coefficient (Wildman–Crippen LogP) is 2.08. The van der Waals surface area contributed by atoms with Gasteiger partial charge < -0.3 is 4.90 Å². The number of hydrogen-bond acceptors (Lipinski definition) is 3. The summed E-state index contributed by atoms with van der Waals surface area (Å²) in [6.45, 7) is 5.81. The van der Waals surface area contributed by atoms with Crippen LogP contribution < -0.4 is 5.84 Å². The Labute approximate surface area is 117 Å². The normalized spacial score (nSPS) is 46.9. The van der Waals surface area contributed by atoms with Gasteiger partial charge >= 0.3 is 0 Å². The third-order valence-corrected chi connectivity index (χ3v) is 6.53. The zero-order valence-electron chi connectivity index (χ0n) is 12.2. The van der Waals surface area contributed by atoms with Crippen molar-refractivity contribution in [3.8, 4) is 0 Å². The van der Waals surface area contributed by atoms with Crippen LogP contribution in [0.5, 0.6) is 0 Å². The molecule has 0 aromatic rings. The van der Waals surface area contributed by atoms with Gasteiger partial charge in [-0.25, -0.2) is 5.01 Å². The number of hydrogen-bond donors (Lipinski definition) is 1. The SMILES string of the molecule is NN1CCN(CCC23CC4CC(CC(C4)C2)C3)CC1. The molecule has 5 fully saturated rings. The summed E-state index contributed by atoms with van der Waals surface area (Å²) in [5, 5.41) is 1.97. The fourth-order valence-electron chi connectivity index (χ4n) is 5.98. The van der Waals surface area contributed by atoms with Crippen molar-refractivity contribution in [1.82, 2.24) is 9.91 Å². The quantitative estimate of drug-likeness (QED) is 0.791. The molecule has 0 amide bonds. The molecule has 5 aliphatic rings. The van der Waals surface area contributed by atoms with Gasteiger partial charge in [0.25, 0.3) is 0 Å². The second-order valence-electron chi connectivity index (χ2n) is 8.05. The Morgan fingerprint density at radius 1 is 0.842 bits per heavy atom. The van der Waals surface area contributed by atoms with E-state index in [1.165, 1.54) is 26.1 Å². The second kappa shape index (κ2) is 4.71. The molecule has 19 heavy (non-hydrogen) atoms. The molecule has 0 aromatic heterocycles. The maximum absolute atomic E-state index is 5.85. The number of piperazine rings is 1. The first-order valence-corrected chi connectivity index (χ1v) is 8.43. The molecule has 0 aromatic carbocycles. The summed E-state index contributed by atoms with van der Waals surface area (Å²) in [5.41, 5.74) is 0.759. The van der Waals surface area contributed by atoms with Gasteiger partial charge in [-0.2, -0.15) is 0 Å². The van der Waals surface area contributed by atoms with Crippen molar-refractivity contribution in [3.05, 3.63) is 0 Å². The van der Waals surface area contributed by atoms with Gasteiger partial charge in [-0.3, -0.25) is 5.84 Å². The summed E-state index contributed by atoms with van der Waals surface area (Å²) < 4.78 is 0. The fourth-order valence-corrected chi connectivity index (χ4v) is 5.98. The molecule has 0 spiro atoms. The van der Waals surface area contributed by atoms with Gasteiger partial charge in [0.2, 0.25) is 0 Å². The van der Waals surface area contributed by atoms with Crippen LogP contribution in [0, 0.1) is 23.2 Å². The molecule has 5 rings (SSSR count). The van der Waals surface area contributed by atoms with E-state index in [0.717, 1.165) is 36.3 Å². The van der Waals surface area contributed by atoms with Crippen molar-refractivity contribution in [3.63, 3.8) is 0 Å². The average molecular weight is 263 g/mol. The van der Waals surface area contributed by atoms with E-state index in [2.05, 4.69) is 4.90 Å². The molecule has 0 unspecified atom stereocenters. The number of nitrogens with two attached hydrogens (primary N) is 1. The van der Waals surface area contributed by atoms with E-state index in [-0.39, 0.29) is 0 Å². The van der Waals surface area contributed by atoms with Crippen molar-refractivity contribution in [2.24, 2.45) is 29.0 Å². The van der Waals surface area contributed by atoms with Crippen LogP contribution in [0.15, 0.2) is 0 Å². The van der Waals surface area contributed by atoms with Crippen molar-refractivity contribution in [1.29, 1.82) is 0 Å². The molecule has 4 bridgehead atoms. The predicted molar refractivity (Wildman–Crippen MR) is 77.4 cm³/mol. The summed E-state index contributed by atoms with van der Waals surface area (Å²) in [7, 11) is 0. The van der Waals surface area contributed by atoms with E-state index in [9.17, 15) is 0 Å². The third kappa shape index (κ3) is 2.45. The van der Waals surface area contributed by atoms with E-state index in [0.29, 0.717) is 0 Å². The van der Waals surface area contributed by atoms with E-state index < -0.39 is 0 Å². The van der Waals surface area contributed by atoms with Crippen LogP contribution >= 0.6 is 0 Å². The molecule has 3 nitrogen and oxygen atoms in total. The van der Waals surface area contributed by atoms with Crippen molar-refractivity contribution >= 4 is 0 Å². The summed E-state index contributed by atoms with van der Waals surface area (Å²) >= 11 is 0. The molecule has 1 aliphatic heterocycles. The van der Waals surface area contributed by atoms with Crippen LogP contribution in [0.25, 0.3) is 0 Å². The van der Waals surface area contributed by atoms with Gasteiger partial charge in [-0.15, -0.1) is 0 Å². The molecule has 1 heterocycles. The highest BCUT2D eigenvalue weighted by molar-refractivity contribution is 5.01. The molecule has 2 N–H and O–H groups in total. The Bertz CT molecular complexity index is 298. The minimum absolute atomic E-state index is 0.759. The summed E-state index contributed by atoms with van der Waals surface area (Å²) in [6.07, 6.45) is 10.9. The highest BCUT2D eigenvalue weighted by Crippen LogP contribution is 2.61. The van der Waals surface area contributed by atoms with Crippen LogP contribution in [0.3, 0.4) is 0 Å². The summed E-state index contributed by atoms with van der Waals surface area (Å²) in [4.78, 5) is 2.65. The Morgan fingerprint density at radius 2 is 1.37 bits per heavy atom. The van der Waals surface area contributed by atoms with Gasteiger partial charge in [0, 0.05) is 26.2 Å². The van der Waals surface area contributed by atoms with Crippen molar-refractivity contribution in [2.75, 3.05) is 32.7 Å². The summed E-state index contributed by atoms with van der Waals surface area (Å²) in [6, 6.07) is 0. The number of nitrogens with zero attached hydrogens (tertiary/aromatic N) is 2. The Kier molecular flexibility index (Phi) is 3.13. The minimum atomic E-state index is 0.759. The number of hydrazine groups is 1. The zero-order valence-corrected chi connectivity index (χ0v) is 12.2. The highest BCUT2D eigenvalue weighted by Gasteiger charge is 2.50. The Hall–Kier alpha value is -0.120. The van der Waals surface area contributed by atoms with Gasteiger partial charge in [0.1, 0.15) is 0 Å². The van der Waals surface area contributed by atoms with Gasteiger partial charge in [-0.05, 0) is 74.7 Å². The van der Waals surface area contributed by atoms with Crippen molar-refractivity contribution < 1.29 is 0 Å². The molecule has 4 aliphatic carbocycles. The second-order valence-corrected chi connectivity index (χ2v) is 8.05. The molecule has 3 heteroatoms. The van der Waals surface area contributed by atoms with Crippen LogP contribution in [0.1, 0.15) is 44.9 Å². The monoisotopic (exact) mass is 263 g/mol. The molecule has 4 saturated carbocycles. The smallest absolute Gasteiger partial charge is 0.0257 e. The maximum Gasteiger partial charge on any atom is 0.0257 e. The lowest BCUT2D eigenvalue weighted by atomic mass is 9.49. The van der Waals surface area contributed by atoms with Crippen LogP contribution in [-0.2, 0) is 0 Å². The van der Waals surface area contributed by atoms with Gasteiger partial charge in [0.15, 0.2) is 0 Å². The standard InChI is InChI=1S/C16H29N3/c17-19-5-3-18(4-6-19)2-1-16-10-13-7-14(11-16)9-15(8-13)12-16/h13-15H,1-12,17H2. The highest BCUT2D eigenvalue weighted by atomic mass is 15.4. The fraction of sp³-hybridized carbons (Fsp3) is 1.00. The van der Waals surface area contributed by atoms with E-state index in [4.69, 9.17) is 5.84 Å². The largest absolute Gasteiger partial charge is 0.301 e. The molecular formula is C16H29N3. The van der Waals surface area contributed by atoms with Crippen molar-refractivity contribution in [2.45, 2.75) is 44.9 Å². The van der Waals surface area contributed by atoms with Gasteiger partial charge in [-0.1, -0.05) is 0 Å². The van der Waals surface area contributed by atoms with Crippen LogP contribution in [0.2, 0.25) is 0 Å². The Balaban J connectivity index is 1.35. The maximum atomic E-state index is 5.85. The zero-order chi connectivity index (χ0) is 12.9. The van der Waals surface area contributed by atoms with Crippen LogP contribution in [-0.4, -0.2) is 42.6 Å². The Morgan fingerprint density at radius 3 is 1.89 bits per heavy atom. The van der Waals surface area contributed by atoms with E-state index in [1.807, 2.05) is 5.01 Å². The molecule has 108 valence electrons. The minimum Gasteiger partial charge on any atom is -0.301 e. The van der Waals surface area contributed by atoms with E-state index in [1.54, 1.807) is 38.5 Å². The molecule has 0 radical (unpaired) electrons. The average Bonchev–Trinajstić information content (AvgIpc) is 2.36. The molecule has 1 saturated heterocycles. The van der Waals surface area contributed by atoms with E-state index >= 15 is 0 Å². The first-order valence-electron chi connectivity index (χ1n) is 8.43. The van der Waals surface area contributed by atoms with Crippen LogP contribution in [0.4, 0.5) is 0 Å². The topological polar surface area (TPSA) is 32.5 Å². The third-order valence-electron chi connectivity index (χ3n) is 6.53. The lowest BCUT2D eigenvalue weighted by Gasteiger charge is -2.57. The lowest BCUT2D eigenvalue weighted by molar-refractivity contribution is -0.0622. The van der Waals surface area contributed by atoms with Gasteiger partial charge in [0.05, 0.1) is 0 Å². The summed E-state index contributed by atoms with van der Waals surface area (Å²) in [5.74, 6) is 9.16. The molecular weight excluding hydrogens is 234 g/mol. The molecule has 0 atom stereocenters. The first kappa shape index (κ1) is 12.6. The lowest BCUT2D eigenvalue weighted by Crippen LogP contribution is -2.51. The first-order chi connectivity index (χ1) is 9.21. The number of rotatable bonds is 3.